The van der Waals surface area contributed by atoms with Crippen LogP contribution in [0.2, 0.25) is 0 Å². The van der Waals surface area contributed by atoms with Crippen LogP contribution < -0.4 is 9.80 Å². The lowest BCUT2D eigenvalue weighted by molar-refractivity contribution is 0.169. The third-order valence-corrected chi connectivity index (χ3v) is 8.54. The number of allylic oxidation sites excluding steroid dienone is 1. The molecule has 2 saturated heterocycles. The third kappa shape index (κ3) is 4.58. The predicted molar refractivity (Wildman–Crippen MR) is 148 cm³/mol. The molecule has 3 aliphatic heterocycles. The minimum atomic E-state index is 0.278. The van der Waals surface area contributed by atoms with E-state index in [9.17, 15) is 0 Å². The van der Waals surface area contributed by atoms with Crippen LogP contribution in [0.15, 0.2) is 54.7 Å². The quantitative estimate of drug-likeness (QED) is 0.466. The zero-order valence-electron chi connectivity index (χ0n) is 21.8. The fraction of sp³-hybridized carbons (Fsp3) is 0.533. The van der Waals surface area contributed by atoms with Gasteiger partial charge in [0, 0.05) is 57.0 Å². The summed E-state index contributed by atoms with van der Waals surface area (Å²) >= 11 is 0. The number of nitrogens with zero attached hydrogens (tertiary/aromatic N) is 6. The standard InChI is InChI=1S/C30H40N6/c1-23-25(20-24-12-4-3-5-13-24)14-6-8-16-33(2)30-22-28(34-17-10-11-18-34)31-29-21-26(32-36(29)30)27-15-7-9-19-35(23)27/h3-5,12-13,21-22,25,27H,1,6-11,14-20H2,2H3. The highest BCUT2D eigenvalue weighted by molar-refractivity contribution is 5.60. The van der Waals surface area contributed by atoms with Crippen molar-refractivity contribution in [3.8, 4) is 0 Å². The molecule has 0 spiro atoms. The van der Waals surface area contributed by atoms with Crippen molar-refractivity contribution >= 4 is 17.3 Å². The summed E-state index contributed by atoms with van der Waals surface area (Å²) in [4.78, 5) is 12.5. The number of aromatic nitrogens is 3. The largest absolute Gasteiger partial charge is 0.366 e. The van der Waals surface area contributed by atoms with Crippen LogP contribution in [-0.4, -0.2) is 52.7 Å². The van der Waals surface area contributed by atoms with Gasteiger partial charge >= 0.3 is 0 Å². The highest BCUT2D eigenvalue weighted by atomic mass is 15.4. The van der Waals surface area contributed by atoms with Crippen molar-refractivity contribution < 1.29 is 0 Å². The molecule has 190 valence electrons. The molecule has 0 aliphatic carbocycles. The number of benzene rings is 1. The van der Waals surface area contributed by atoms with Gasteiger partial charge in [-0.05, 0) is 56.9 Å². The van der Waals surface area contributed by atoms with Crippen LogP contribution in [0.5, 0.6) is 0 Å². The van der Waals surface area contributed by atoms with Gasteiger partial charge in [0.25, 0.3) is 0 Å². The van der Waals surface area contributed by atoms with Gasteiger partial charge in [-0.25, -0.2) is 4.98 Å². The van der Waals surface area contributed by atoms with Gasteiger partial charge < -0.3 is 14.7 Å². The molecular weight excluding hydrogens is 444 g/mol. The molecule has 5 heterocycles. The first kappa shape index (κ1) is 23.4. The van der Waals surface area contributed by atoms with Gasteiger partial charge in [-0.1, -0.05) is 43.3 Å². The Labute approximate surface area is 215 Å². The monoisotopic (exact) mass is 484 g/mol. The predicted octanol–water partition coefficient (Wildman–Crippen LogP) is 5.85. The van der Waals surface area contributed by atoms with E-state index in [1.54, 1.807) is 0 Å². The first-order valence-electron chi connectivity index (χ1n) is 14.0. The zero-order chi connectivity index (χ0) is 24.5. The molecule has 3 aliphatic rings. The summed E-state index contributed by atoms with van der Waals surface area (Å²) in [6.07, 6.45) is 10.7. The van der Waals surface area contributed by atoms with Crippen molar-refractivity contribution in [2.24, 2.45) is 5.92 Å². The van der Waals surface area contributed by atoms with E-state index in [-0.39, 0.29) is 6.04 Å². The van der Waals surface area contributed by atoms with Gasteiger partial charge in [0.2, 0.25) is 0 Å². The average Bonchev–Trinajstić information content (AvgIpc) is 3.60. The summed E-state index contributed by atoms with van der Waals surface area (Å²) in [6, 6.07) is 15.8. The van der Waals surface area contributed by atoms with Gasteiger partial charge in [-0.15, -0.1) is 0 Å². The van der Waals surface area contributed by atoms with E-state index >= 15 is 0 Å². The Bertz CT molecular complexity index is 1190. The minimum Gasteiger partial charge on any atom is -0.366 e. The molecule has 0 N–H and O–H groups in total. The Hall–Kier alpha value is -3.02. The van der Waals surface area contributed by atoms with E-state index in [1.165, 1.54) is 49.8 Å². The lowest BCUT2D eigenvalue weighted by Gasteiger charge is -2.40. The highest BCUT2D eigenvalue weighted by Crippen LogP contribution is 2.38. The Balaban J connectivity index is 1.39. The summed E-state index contributed by atoms with van der Waals surface area (Å²) < 4.78 is 2.10. The minimum absolute atomic E-state index is 0.278. The Kier molecular flexibility index (Phi) is 6.60. The topological polar surface area (TPSA) is 39.9 Å². The average molecular weight is 485 g/mol. The molecule has 2 bridgehead atoms. The van der Waals surface area contributed by atoms with Crippen LogP contribution in [0.1, 0.15) is 68.7 Å². The first-order chi connectivity index (χ1) is 17.7. The van der Waals surface area contributed by atoms with E-state index in [0.717, 1.165) is 68.4 Å². The van der Waals surface area contributed by atoms with Crippen LogP contribution in [-0.2, 0) is 6.42 Å². The van der Waals surface area contributed by atoms with Crippen molar-refractivity contribution in [3.63, 3.8) is 0 Å². The molecule has 36 heavy (non-hydrogen) atoms. The number of fused-ring (bicyclic) bond motifs is 3. The molecule has 2 aromatic heterocycles. The number of rotatable bonds is 3. The van der Waals surface area contributed by atoms with Crippen LogP contribution >= 0.6 is 0 Å². The first-order valence-corrected chi connectivity index (χ1v) is 14.0. The molecule has 6 heteroatoms. The van der Waals surface area contributed by atoms with E-state index < -0.39 is 0 Å². The fourth-order valence-electron chi connectivity index (χ4n) is 6.46. The summed E-state index contributed by atoms with van der Waals surface area (Å²) in [5.74, 6) is 2.73. The molecule has 3 aromatic rings. The molecule has 0 radical (unpaired) electrons. The van der Waals surface area contributed by atoms with E-state index in [2.05, 4.69) is 68.7 Å². The molecule has 0 saturated carbocycles. The Morgan fingerprint density at radius 3 is 2.47 bits per heavy atom. The summed E-state index contributed by atoms with van der Waals surface area (Å²) in [6.45, 7) is 9.03. The fourth-order valence-corrected chi connectivity index (χ4v) is 6.46. The number of piperidine rings is 1. The Morgan fingerprint density at radius 2 is 1.64 bits per heavy atom. The Morgan fingerprint density at radius 1 is 0.889 bits per heavy atom. The van der Waals surface area contributed by atoms with Crippen molar-refractivity contribution in [2.75, 3.05) is 43.0 Å². The number of hydrogen-bond donors (Lipinski definition) is 0. The second kappa shape index (κ2) is 10.2. The van der Waals surface area contributed by atoms with Crippen molar-refractivity contribution in [1.82, 2.24) is 19.5 Å². The summed E-state index contributed by atoms with van der Waals surface area (Å²) in [5, 5.41) is 5.21. The van der Waals surface area contributed by atoms with Gasteiger partial charge in [-0.2, -0.15) is 9.61 Å². The SMILES string of the molecule is C=C1C(Cc2ccccc2)CCCCN(C)c2cc(N3CCCC3)nc3cc(nn23)C2CCCCN12. The third-order valence-electron chi connectivity index (χ3n) is 8.54. The molecule has 2 atom stereocenters. The summed E-state index contributed by atoms with van der Waals surface area (Å²) in [5.41, 5.74) is 4.84. The molecule has 6 rings (SSSR count). The van der Waals surface area contributed by atoms with Gasteiger partial charge in [-0.3, -0.25) is 0 Å². The van der Waals surface area contributed by atoms with Gasteiger partial charge in [0.05, 0.1) is 11.7 Å². The number of hydrogen-bond acceptors (Lipinski definition) is 5. The zero-order valence-corrected chi connectivity index (χ0v) is 21.8. The lowest BCUT2D eigenvalue weighted by Crippen LogP contribution is -2.35. The van der Waals surface area contributed by atoms with Crippen LogP contribution in [0, 0.1) is 5.92 Å². The molecule has 1 aromatic carbocycles. The van der Waals surface area contributed by atoms with Gasteiger partial charge in [0.15, 0.2) is 5.65 Å². The smallest absolute Gasteiger partial charge is 0.160 e. The highest BCUT2D eigenvalue weighted by Gasteiger charge is 2.31. The lowest BCUT2D eigenvalue weighted by atomic mass is 9.88. The molecule has 0 amide bonds. The second-order valence-electron chi connectivity index (χ2n) is 11.0. The molecule has 6 nitrogen and oxygen atoms in total. The van der Waals surface area contributed by atoms with Crippen molar-refractivity contribution in [1.29, 1.82) is 0 Å². The van der Waals surface area contributed by atoms with E-state index in [0.29, 0.717) is 5.92 Å². The van der Waals surface area contributed by atoms with Crippen LogP contribution in [0.25, 0.3) is 5.65 Å². The molecule has 2 fully saturated rings. The van der Waals surface area contributed by atoms with Gasteiger partial charge in [0.1, 0.15) is 11.6 Å². The maximum atomic E-state index is 5.21. The van der Waals surface area contributed by atoms with Crippen molar-refractivity contribution in [3.05, 3.63) is 66.0 Å². The normalized spacial score (nSPS) is 23.5. The maximum Gasteiger partial charge on any atom is 0.160 e. The molecular formula is C30H40N6. The van der Waals surface area contributed by atoms with Crippen LogP contribution in [0.3, 0.4) is 0 Å². The van der Waals surface area contributed by atoms with Crippen molar-refractivity contribution in [2.45, 2.75) is 63.8 Å². The van der Waals surface area contributed by atoms with E-state index in [1.807, 2.05) is 0 Å². The van der Waals surface area contributed by atoms with Crippen LogP contribution in [0.4, 0.5) is 11.6 Å². The maximum absolute atomic E-state index is 5.21. The molecule has 2 unspecified atom stereocenters. The second-order valence-corrected chi connectivity index (χ2v) is 11.0. The number of anilines is 2. The summed E-state index contributed by atoms with van der Waals surface area (Å²) in [7, 11) is 2.22. The van der Waals surface area contributed by atoms with E-state index in [4.69, 9.17) is 16.7 Å².